The molecule has 0 radical (unpaired) electrons. The summed E-state index contributed by atoms with van der Waals surface area (Å²) < 4.78 is 0. The molecule has 8 nitrogen and oxygen atoms in total. The van der Waals surface area contributed by atoms with Gasteiger partial charge in [0.25, 0.3) is 0 Å². The Morgan fingerprint density at radius 1 is 0.167 bits per heavy atom. The third kappa shape index (κ3) is 9.90. The summed E-state index contributed by atoms with van der Waals surface area (Å²) in [7, 11) is 0. The maximum atomic E-state index is 5.09. The van der Waals surface area contributed by atoms with Gasteiger partial charge in [-0.05, 0) is 142 Å². The van der Waals surface area contributed by atoms with Crippen LogP contribution in [0.4, 0.5) is 0 Å². The number of benzene rings is 10. The Bertz CT molecular complexity index is 5890. The number of fused-ring (bicyclic) bond motifs is 10. The highest BCUT2D eigenvalue weighted by atomic mass is 14.8. The molecule has 0 saturated heterocycles. The van der Waals surface area contributed by atoms with E-state index >= 15 is 0 Å². The van der Waals surface area contributed by atoms with Gasteiger partial charge >= 0.3 is 0 Å². The highest BCUT2D eigenvalue weighted by Crippen LogP contribution is 2.35. The zero-order valence-electron chi connectivity index (χ0n) is 48.4. The number of para-hydroxylation sites is 2. The summed E-state index contributed by atoms with van der Waals surface area (Å²) in [6.07, 6.45) is 3.73. The molecule has 8 heteroatoms. The molecule has 0 atom stereocenters. The number of pyridine rings is 8. The highest BCUT2D eigenvalue weighted by Gasteiger charge is 2.13. The summed E-state index contributed by atoms with van der Waals surface area (Å²) in [5.41, 5.74) is 22.0. The van der Waals surface area contributed by atoms with Crippen molar-refractivity contribution < 1.29 is 0 Å². The second-order valence-corrected chi connectivity index (χ2v) is 22.8. The Kier molecular flexibility index (Phi) is 12.7. The van der Waals surface area contributed by atoms with Crippen LogP contribution < -0.4 is 0 Å². The molecule has 8 aromatic heterocycles. The van der Waals surface area contributed by atoms with Gasteiger partial charge in [-0.3, -0.25) is 9.97 Å². The average molecular weight is 1150 g/mol. The summed E-state index contributed by atoms with van der Waals surface area (Å²) in [5, 5.41) is 11.2. The van der Waals surface area contributed by atoms with Gasteiger partial charge in [-0.25, -0.2) is 29.9 Å². The molecule has 0 aliphatic rings. The lowest BCUT2D eigenvalue weighted by molar-refractivity contribution is 1.32. The van der Waals surface area contributed by atoms with E-state index in [4.69, 9.17) is 29.9 Å². The minimum Gasteiger partial charge on any atom is -0.256 e. The van der Waals surface area contributed by atoms with Gasteiger partial charge in [-0.1, -0.05) is 182 Å². The largest absolute Gasteiger partial charge is 0.256 e. The van der Waals surface area contributed by atoms with Crippen LogP contribution in [0.2, 0.25) is 0 Å². The molecule has 18 rings (SSSR count). The first-order chi connectivity index (χ1) is 44.5. The van der Waals surface area contributed by atoms with Gasteiger partial charge in [0.1, 0.15) is 0 Å². The molecule has 0 saturated carbocycles. The average Bonchev–Trinajstić information content (AvgIpc) is 1.88. The molecule has 0 aliphatic carbocycles. The lowest BCUT2D eigenvalue weighted by Gasteiger charge is -2.10. The molecule has 0 unspecified atom stereocenters. The third-order valence-corrected chi connectivity index (χ3v) is 17.1. The molecule has 0 bridgehead atoms. The quantitative estimate of drug-likeness (QED) is 0.145. The first kappa shape index (κ1) is 52.1. The van der Waals surface area contributed by atoms with Crippen LogP contribution >= 0.6 is 0 Å². The van der Waals surface area contributed by atoms with Crippen LogP contribution in [0.1, 0.15) is 0 Å². The second kappa shape index (κ2) is 21.9. The maximum absolute atomic E-state index is 5.09. The summed E-state index contributed by atoms with van der Waals surface area (Å²) in [6, 6.07) is 101. The number of aromatic nitrogens is 8. The van der Waals surface area contributed by atoms with Gasteiger partial charge in [0, 0.05) is 77.7 Å². The van der Waals surface area contributed by atoms with Crippen molar-refractivity contribution >= 4 is 98.0 Å². The van der Waals surface area contributed by atoms with E-state index in [1.165, 1.54) is 0 Å². The summed E-state index contributed by atoms with van der Waals surface area (Å²) >= 11 is 0. The van der Waals surface area contributed by atoms with Crippen LogP contribution in [0.25, 0.3) is 177 Å². The molecule has 0 N–H and O–H groups in total. The fourth-order valence-electron chi connectivity index (χ4n) is 12.3. The van der Waals surface area contributed by atoms with E-state index in [2.05, 4.69) is 228 Å². The van der Waals surface area contributed by atoms with E-state index in [0.717, 1.165) is 177 Å². The van der Waals surface area contributed by atoms with Gasteiger partial charge in [-0.15, -0.1) is 0 Å². The van der Waals surface area contributed by atoms with Crippen molar-refractivity contribution in [3.05, 3.63) is 304 Å². The number of hydrogen-bond donors (Lipinski definition) is 0. The SMILES string of the molecule is c1ccc(-c2ccc3cc(-c4ccc5ccc(-c6cnc7ccccc7c6)nc5c4)ccc3n2)cc1.c1ccc2nc(-c3ccc4ccc(-c5ccc6nc(-c7ccc8cc(-c9ccc%10ccc%11cccnc%11c%10n9)ccc8c7)ccc6c5)cc4n3)ccc2c1. The molecule has 418 valence electrons. The molecular weight excluding hydrogens is 1100 g/mol. The van der Waals surface area contributed by atoms with Crippen LogP contribution in [0.3, 0.4) is 0 Å². The standard InChI is InChI=1S/C49H29N5.C33H21N3/c1-2-6-41-30(4-1)15-23-45(52-41)46-24-16-31-7-10-37(29-47(31)53-46)36-18-21-42-40(28-36)19-22-43(51-42)38-13-11-35-27-39(14-12-34(35)26-38)44-20-17-33-9-8-32-5-3-25-50-48(32)49(33)54-44;1-2-6-22(7-3-1)30-17-14-27-18-24(13-16-31(27)35-30)25-11-10-23-12-15-32(36-33(23)20-25)28-19-26-8-4-5-9-29(26)34-21-28/h1-29H;1-21H. The Labute approximate surface area is 517 Å². The van der Waals surface area contributed by atoms with E-state index in [1.54, 1.807) is 0 Å². The summed E-state index contributed by atoms with van der Waals surface area (Å²) in [6.45, 7) is 0. The number of rotatable bonds is 7. The summed E-state index contributed by atoms with van der Waals surface area (Å²) in [4.78, 5) is 39.2. The monoisotopic (exact) mass is 1150 g/mol. The lowest BCUT2D eigenvalue weighted by Crippen LogP contribution is -1.90. The third-order valence-electron chi connectivity index (χ3n) is 17.1. The van der Waals surface area contributed by atoms with Gasteiger partial charge in [0.05, 0.1) is 78.3 Å². The predicted molar refractivity (Wildman–Crippen MR) is 371 cm³/mol. The number of hydrogen-bond acceptors (Lipinski definition) is 8. The van der Waals surface area contributed by atoms with E-state index < -0.39 is 0 Å². The fourth-order valence-corrected chi connectivity index (χ4v) is 12.3. The first-order valence-corrected chi connectivity index (χ1v) is 30.1. The van der Waals surface area contributed by atoms with E-state index in [-0.39, 0.29) is 0 Å². The van der Waals surface area contributed by atoms with Gasteiger partial charge in [-0.2, -0.15) is 0 Å². The van der Waals surface area contributed by atoms with Gasteiger partial charge in [0.2, 0.25) is 0 Å². The Morgan fingerprint density at radius 2 is 0.533 bits per heavy atom. The molecule has 0 amide bonds. The molecule has 0 fully saturated rings. The molecule has 0 spiro atoms. The predicted octanol–water partition coefficient (Wildman–Crippen LogP) is 20.6. The van der Waals surface area contributed by atoms with E-state index in [0.29, 0.717) is 0 Å². The van der Waals surface area contributed by atoms with E-state index in [1.807, 2.05) is 85.2 Å². The normalized spacial score (nSPS) is 11.6. The van der Waals surface area contributed by atoms with Crippen LogP contribution in [-0.2, 0) is 0 Å². The van der Waals surface area contributed by atoms with Crippen molar-refractivity contribution in [3.63, 3.8) is 0 Å². The minimum atomic E-state index is 0.864. The Hall–Kier alpha value is -12.3. The van der Waals surface area contributed by atoms with Crippen molar-refractivity contribution in [3.8, 4) is 78.7 Å². The number of nitrogens with zero attached hydrogens (tertiary/aromatic N) is 8. The maximum Gasteiger partial charge on any atom is 0.0972 e. The lowest BCUT2D eigenvalue weighted by atomic mass is 9.99. The molecule has 90 heavy (non-hydrogen) atoms. The van der Waals surface area contributed by atoms with Crippen molar-refractivity contribution in [2.24, 2.45) is 0 Å². The zero-order valence-corrected chi connectivity index (χ0v) is 48.4. The summed E-state index contributed by atoms with van der Waals surface area (Å²) in [5.74, 6) is 0. The molecule has 10 aromatic carbocycles. The Morgan fingerprint density at radius 3 is 1.19 bits per heavy atom. The van der Waals surface area contributed by atoms with Crippen molar-refractivity contribution in [1.29, 1.82) is 0 Å². The van der Waals surface area contributed by atoms with Gasteiger partial charge < -0.3 is 0 Å². The first-order valence-electron chi connectivity index (χ1n) is 30.1. The Balaban J connectivity index is 0.000000150. The van der Waals surface area contributed by atoms with Gasteiger partial charge in [0.15, 0.2) is 0 Å². The molecule has 18 aromatic rings. The molecule has 8 heterocycles. The van der Waals surface area contributed by atoms with Crippen LogP contribution in [0, 0.1) is 0 Å². The van der Waals surface area contributed by atoms with Crippen LogP contribution in [0.15, 0.2) is 304 Å². The second-order valence-electron chi connectivity index (χ2n) is 22.8. The van der Waals surface area contributed by atoms with E-state index in [9.17, 15) is 0 Å². The fraction of sp³-hybridized carbons (Fsp3) is 0. The zero-order chi connectivity index (χ0) is 59.5. The van der Waals surface area contributed by atoms with Crippen LogP contribution in [0.5, 0.6) is 0 Å². The van der Waals surface area contributed by atoms with Crippen LogP contribution in [-0.4, -0.2) is 39.9 Å². The highest BCUT2D eigenvalue weighted by molar-refractivity contribution is 6.04. The molecule has 0 aliphatic heterocycles. The smallest absolute Gasteiger partial charge is 0.0972 e. The van der Waals surface area contributed by atoms with Crippen molar-refractivity contribution in [2.75, 3.05) is 0 Å². The molecular formula is C82H50N8. The van der Waals surface area contributed by atoms with Crippen molar-refractivity contribution in [1.82, 2.24) is 39.9 Å². The minimum absolute atomic E-state index is 0.864. The van der Waals surface area contributed by atoms with Crippen molar-refractivity contribution in [2.45, 2.75) is 0 Å². The topological polar surface area (TPSA) is 103 Å².